The maximum absolute atomic E-state index is 6.32. The molecule has 0 bridgehead atoms. The number of allylic oxidation sites excluding steroid dienone is 2. The number of rotatable bonds is 6. The van der Waals surface area contributed by atoms with Crippen LogP contribution in [0.15, 0.2) is 18.2 Å². The Labute approximate surface area is 122 Å². The van der Waals surface area contributed by atoms with E-state index in [1.54, 1.807) is 0 Å². The average Bonchev–Trinajstić information content (AvgIpc) is 2.36. The first-order chi connectivity index (χ1) is 9.02. The van der Waals surface area contributed by atoms with Gasteiger partial charge in [-0.25, -0.2) is 0 Å². The van der Waals surface area contributed by atoms with Gasteiger partial charge in [0.1, 0.15) is 5.75 Å². The van der Waals surface area contributed by atoms with Crippen LogP contribution in [0.2, 0.25) is 5.02 Å². The van der Waals surface area contributed by atoms with Crippen LogP contribution >= 0.6 is 11.6 Å². The number of hydrogen-bond donors (Lipinski definition) is 0. The van der Waals surface area contributed by atoms with Gasteiger partial charge in [-0.05, 0) is 56.7 Å². The Balaban J connectivity index is 3.18. The molecule has 106 valence electrons. The molecule has 0 saturated heterocycles. The van der Waals surface area contributed by atoms with E-state index in [4.69, 9.17) is 16.3 Å². The third kappa shape index (κ3) is 4.01. The highest BCUT2D eigenvalue weighted by atomic mass is 35.5. The van der Waals surface area contributed by atoms with Gasteiger partial charge in [-0.2, -0.15) is 0 Å². The second-order valence-electron chi connectivity index (χ2n) is 4.99. The predicted octanol–water partition coefficient (Wildman–Crippen LogP) is 5.82. The minimum absolute atomic E-state index is 0.418. The van der Waals surface area contributed by atoms with Gasteiger partial charge < -0.3 is 4.74 Å². The Hall–Kier alpha value is -0.950. The third-order valence-corrected chi connectivity index (χ3v) is 3.77. The summed E-state index contributed by atoms with van der Waals surface area (Å²) in [6.45, 7) is 11.2. The van der Waals surface area contributed by atoms with Gasteiger partial charge in [0.15, 0.2) is 0 Å². The number of hydrogen-bond acceptors (Lipinski definition) is 1. The third-order valence-electron chi connectivity index (χ3n) is 3.38. The number of aryl methyl sites for hydroxylation is 1. The minimum Gasteiger partial charge on any atom is -0.493 e. The van der Waals surface area contributed by atoms with Crippen molar-refractivity contribution in [1.82, 2.24) is 0 Å². The molecule has 1 nitrogen and oxygen atoms in total. The summed E-state index contributed by atoms with van der Waals surface area (Å²) in [6.07, 6.45) is 6.56. The quantitative estimate of drug-likeness (QED) is 0.597. The van der Waals surface area contributed by atoms with Gasteiger partial charge in [-0.15, -0.1) is 0 Å². The fraction of sp³-hybridized carbons (Fsp3) is 0.529. The predicted molar refractivity (Wildman–Crippen MR) is 84.6 cm³/mol. The Morgan fingerprint density at radius 2 is 1.95 bits per heavy atom. The Morgan fingerprint density at radius 3 is 2.53 bits per heavy atom. The highest BCUT2D eigenvalue weighted by Crippen LogP contribution is 2.38. The molecule has 0 aliphatic heterocycles. The molecule has 1 rings (SSSR count). The van der Waals surface area contributed by atoms with E-state index in [1.165, 1.54) is 5.56 Å². The molecule has 0 aliphatic rings. The molecule has 1 aromatic rings. The maximum atomic E-state index is 6.32. The molecule has 19 heavy (non-hydrogen) atoms. The lowest BCUT2D eigenvalue weighted by atomic mass is 9.90. The van der Waals surface area contributed by atoms with Crippen LogP contribution in [0.4, 0.5) is 0 Å². The summed E-state index contributed by atoms with van der Waals surface area (Å²) < 4.78 is 5.85. The van der Waals surface area contributed by atoms with Crippen molar-refractivity contribution in [1.29, 1.82) is 0 Å². The van der Waals surface area contributed by atoms with Crippen molar-refractivity contribution < 1.29 is 4.74 Å². The van der Waals surface area contributed by atoms with Crippen LogP contribution in [0.1, 0.15) is 56.2 Å². The van der Waals surface area contributed by atoms with E-state index >= 15 is 0 Å². The first-order valence-corrected chi connectivity index (χ1v) is 7.48. The van der Waals surface area contributed by atoms with Crippen LogP contribution in [-0.2, 0) is 0 Å². The summed E-state index contributed by atoms with van der Waals surface area (Å²) in [6, 6.07) is 2.00. The van der Waals surface area contributed by atoms with Crippen molar-refractivity contribution >= 4 is 11.6 Å². The largest absolute Gasteiger partial charge is 0.493 e. The first-order valence-electron chi connectivity index (χ1n) is 7.10. The topological polar surface area (TPSA) is 9.23 Å². The van der Waals surface area contributed by atoms with E-state index in [0.29, 0.717) is 12.5 Å². The van der Waals surface area contributed by atoms with E-state index in [0.717, 1.165) is 34.7 Å². The molecule has 0 spiro atoms. The number of halogens is 1. The molecule has 0 radical (unpaired) electrons. The van der Waals surface area contributed by atoms with Crippen molar-refractivity contribution in [3.8, 4) is 5.75 Å². The van der Waals surface area contributed by atoms with Crippen molar-refractivity contribution in [3.05, 3.63) is 39.9 Å². The summed E-state index contributed by atoms with van der Waals surface area (Å²) >= 11 is 6.32. The molecule has 0 aromatic heterocycles. The van der Waals surface area contributed by atoms with Crippen LogP contribution in [0.5, 0.6) is 5.75 Å². The number of benzene rings is 1. The summed E-state index contributed by atoms with van der Waals surface area (Å²) in [5.41, 5.74) is 3.53. The second kappa shape index (κ2) is 7.59. The van der Waals surface area contributed by atoms with Crippen molar-refractivity contribution in [2.24, 2.45) is 0 Å². The molecule has 0 N–H and O–H groups in total. The minimum atomic E-state index is 0.418. The zero-order chi connectivity index (χ0) is 14.4. The van der Waals surface area contributed by atoms with E-state index in [1.807, 2.05) is 13.0 Å². The normalized spacial score (nSPS) is 12.9. The summed E-state index contributed by atoms with van der Waals surface area (Å²) in [5.74, 6) is 1.43. The van der Waals surface area contributed by atoms with Crippen molar-refractivity contribution in [2.75, 3.05) is 6.61 Å². The van der Waals surface area contributed by atoms with E-state index in [-0.39, 0.29) is 0 Å². The second-order valence-corrected chi connectivity index (χ2v) is 5.40. The van der Waals surface area contributed by atoms with Crippen LogP contribution in [0.3, 0.4) is 0 Å². The lowest BCUT2D eigenvalue weighted by molar-refractivity contribution is 0.332. The molecule has 0 amide bonds. The molecule has 1 atom stereocenters. The Morgan fingerprint density at radius 1 is 1.26 bits per heavy atom. The van der Waals surface area contributed by atoms with Crippen LogP contribution in [0, 0.1) is 13.8 Å². The fourth-order valence-electron chi connectivity index (χ4n) is 2.39. The lowest BCUT2D eigenvalue weighted by Gasteiger charge is -2.21. The fourth-order valence-corrected chi connectivity index (χ4v) is 2.65. The molecular weight excluding hydrogens is 256 g/mol. The molecule has 0 heterocycles. The smallest absolute Gasteiger partial charge is 0.126 e. The van der Waals surface area contributed by atoms with Gasteiger partial charge in [-0.1, -0.05) is 37.6 Å². The monoisotopic (exact) mass is 280 g/mol. The van der Waals surface area contributed by atoms with E-state index in [9.17, 15) is 0 Å². The SMILES string of the molecule is CC/C=C\CC(C)c1c(C)c(Cl)cc(C)c1OCC. The molecule has 1 unspecified atom stereocenters. The molecule has 0 fully saturated rings. The summed E-state index contributed by atoms with van der Waals surface area (Å²) in [5, 5.41) is 0.835. The van der Waals surface area contributed by atoms with Crippen LogP contribution < -0.4 is 4.74 Å². The summed E-state index contributed by atoms with van der Waals surface area (Å²) in [4.78, 5) is 0. The van der Waals surface area contributed by atoms with E-state index < -0.39 is 0 Å². The van der Waals surface area contributed by atoms with Gasteiger partial charge in [0, 0.05) is 10.6 Å². The molecule has 0 aliphatic carbocycles. The number of ether oxygens (including phenoxy) is 1. The van der Waals surface area contributed by atoms with Crippen molar-refractivity contribution in [2.45, 2.75) is 53.4 Å². The van der Waals surface area contributed by atoms with E-state index in [2.05, 4.69) is 39.8 Å². The average molecular weight is 281 g/mol. The zero-order valence-electron chi connectivity index (χ0n) is 12.7. The van der Waals surface area contributed by atoms with Gasteiger partial charge in [-0.3, -0.25) is 0 Å². The Bertz CT molecular complexity index is 449. The maximum Gasteiger partial charge on any atom is 0.126 e. The molecule has 2 heteroatoms. The van der Waals surface area contributed by atoms with Crippen molar-refractivity contribution in [3.63, 3.8) is 0 Å². The highest BCUT2D eigenvalue weighted by molar-refractivity contribution is 6.31. The highest BCUT2D eigenvalue weighted by Gasteiger charge is 2.18. The van der Waals surface area contributed by atoms with Gasteiger partial charge in [0.05, 0.1) is 6.61 Å². The van der Waals surface area contributed by atoms with Crippen LogP contribution in [-0.4, -0.2) is 6.61 Å². The van der Waals surface area contributed by atoms with Gasteiger partial charge in [0.25, 0.3) is 0 Å². The van der Waals surface area contributed by atoms with Gasteiger partial charge in [0.2, 0.25) is 0 Å². The first kappa shape index (κ1) is 16.1. The summed E-state index contributed by atoms with van der Waals surface area (Å²) in [7, 11) is 0. The van der Waals surface area contributed by atoms with Crippen LogP contribution in [0.25, 0.3) is 0 Å². The van der Waals surface area contributed by atoms with Gasteiger partial charge >= 0.3 is 0 Å². The molecular formula is C17H25ClO. The standard InChI is InChI=1S/C17H25ClO/c1-6-8-9-10-12(3)16-14(5)15(18)11-13(4)17(16)19-7-2/h8-9,11-12H,6-7,10H2,1-5H3/b9-8-. The molecule has 1 aromatic carbocycles. The lowest BCUT2D eigenvalue weighted by Crippen LogP contribution is -2.05. The Kier molecular flexibility index (Phi) is 6.44. The zero-order valence-corrected chi connectivity index (χ0v) is 13.5. The molecule has 0 saturated carbocycles.